The fourth-order valence-corrected chi connectivity index (χ4v) is 1.60. The number of ether oxygens (including phenoxy) is 2. The topological polar surface area (TPSA) is 66.2 Å². The van der Waals surface area contributed by atoms with Gasteiger partial charge in [0.2, 0.25) is 0 Å². The Kier molecular flexibility index (Phi) is 5.47. The van der Waals surface area contributed by atoms with Gasteiger partial charge in [-0.25, -0.2) is 9.48 Å². The van der Waals surface area contributed by atoms with Crippen LogP contribution >= 0.6 is 0 Å². The van der Waals surface area contributed by atoms with Crippen molar-refractivity contribution in [2.24, 2.45) is 0 Å². The molecule has 1 rings (SSSR count). The molecule has 1 aromatic rings. The molecule has 0 aliphatic rings. The van der Waals surface area contributed by atoms with E-state index in [1.165, 1.54) is 0 Å². The van der Waals surface area contributed by atoms with Crippen molar-refractivity contribution in [3.63, 3.8) is 0 Å². The van der Waals surface area contributed by atoms with Crippen LogP contribution in [0.4, 0.5) is 0 Å². The predicted molar refractivity (Wildman–Crippen MR) is 71.0 cm³/mol. The summed E-state index contributed by atoms with van der Waals surface area (Å²) in [4.78, 5) is 11.9. The Balaban J connectivity index is 2.62. The van der Waals surface area contributed by atoms with E-state index in [2.05, 4.69) is 10.3 Å². The first-order valence-corrected chi connectivity index (χ1v) is 6.47. The van der Waals surface area contributed by atoms with Crippen LogP contribution in [-0.2, 0) is 16.0 Å². The summed E-state index contributed by atoms with van der Waals surface area (Å²) in [5, 5.41) is 7.90. The van der Waals surface area contributed by atoms with Crippen LogP contribution in [0.3, 0.4) is 0 Å². The van der Waals surface area contributed by atoms with Gasteiger partial charge in [0.05, 0.1) is 5.69 Å². The van der Waals surface area contributed by atoms with Crippen LogP contribution in [0.15, 0.2) is 0 Å². The molecule has 108 valence electrons. The van der Waals surface area contributed by atoms with Gasteiger partial charge in [-0.15, -0.1) is 5.10 Å². The minimum atomic E-state index is -0.522. The minimum absolute atomic E-state index is 0.293. The maximum Gasteiger partial charge on any atom is 0.361 e. The van der Waals surface area contributed by atoms with Crippen LogP contribution in [-0.4, -0.2) is 40.3 Å². The lowest BCUT2D eigenvalue weighted by Crippen LogP contribution is -2.24. The molecule has 0 atom stereocenters. The van der Waals surface area contributed by atoms with Gasteiger partial charge in [-0.2, -0.15) is 0 Å². The van der Waals surface area contributed by atoms with E-state index in [9.17, 15) is 4.79 Å². The van der Waals surface area contributed by atoms with E-state index >= 15 is 0 Å². The Labute approximate surface area is 114 Å². The second-order valence-corrected chi connectivity index (χ2v) is 5.45. The second-order valence-electron chi connectivity index (χ2n) is 5.45. The maximum atomic E-state index is 11.9. The lowest BCUT2D eigenvalue weighted by Gasteiger charge is -2.18. The molecule has 1 heterocycles. The number of carbonyl (C=O) groups is 1. The fourth-order valence-electron chi connectivity index (χ4n) is 1.60. The van der Waals surface area contributed by atoms with Gasteiger partial charge in [0, 0.05) is 20.3 Å². The minimum Gasteiger partial charge on any atom is -0.455 e. The summed E-state index contributed by atoms with van der Waals surface area (Å²) >= 11 is 0. The van der Waals surface area contributed by atoms with Gasteiger partial charge in [0.25, 0.3) is 0 Å². The maximum absolute atomic E-state index is 11.9. The zero-order valence-corrected chi connectivity index (χ0v) is 12.4. The monoisotopic (exact) mass is 269 g/mol. The molecule has 0 saturated heterocycles. The van der Waals surface area contributed by atoms with E-state index in [0.717, 1.165) is 31.7 Å². The molecule has 0 radical (unpaired) electrons. The number of rotatable bonds is 6. The van der Waals surface area contributed by atoms with E-state index in [1.54, 1.807) is 11.8 Å². The van der Waals surface area contributed by atoms with E-state index in [1.807, 2.05) is 27.7 Å². The van der Waals surface area contributed by atoms with Crippen LogP contribution in [0.5, 0.6) is 0 Å². The highest BCUT2D eigenvalue weighted by Gasteiger charge is 2.23. The number of carbonyl (C=O) groups excluding carboxylic acids is 1. The van der Waals surface area contributed by atoms with Crippen molar-refractivity contribution in [3.8, 4) is 0 Å². The molecule has 0 N–H and O–H groups in total. The van der Waals surface area contributed by atoms with Gasteiger partial charge >= 0.3 is 5.97 Å². The lowest BCUT2D eigenvalue weighted by atomic mass is 10.2. The van der Waals surface area contributed by atoms with Gasteiger partial charge in [0.1, 0.15) is 5.60 Å². The molecule has 0 aromatic carbocycles. The Bertz CT molecular complexity index is 421. The highest BCUT2D eigenvalue weighted by molar-refractivity contribution is 5.88. The Morgan fingerprint density at radius 1 is 1.32 bits per heavy atom. The van der Waals surface area contributed by atoms with Crippen molar-refractivity contribution in [1.29, 1.82) is 0 Å². The summed E-state index contributed by atoms with van der Waals surface area (Å²) in [6.45, 7) is 8.77. The second kappa shape index (κ2) is 6.65. The largest absolute Gasteiger partial charge is 0.455 e. The third kappa shape index (κ3) is 4.98. The summed E-state index contributed by atoms with van der Waals surface area (Å²) in [5.74, 6) is -0.423. The SMILES string of the molecule is COCCCCn1nnc(C(=O)OC(C)(C)C)c1C. The van der Waals surface area contributed by atoms with Gasteiger partial charge in [0.15, 0.2) is 5.69 Å². The summed E-state index contributed by atoms with van der Waals surface area (Å²) in [5.41, 5.74) is 0.513. The number of esters is 1. The lowest BCUT2D eigenvalue weighted by molar-refractivity contribution is 0.00618. The Hall–Kier alpha value is -1.43. The smallest absolute Gasteiger partial charge is 0.361 e. The molecule has 1 aromatic heterocycles. The first kappa shape index (κ1) is 15.6. The van der Waals surface area contributed by atoms with Crippen LogP contribution in [0.2, 0.25) is 0 Å². The first-order chi connectivity index (χ1) is 8.85. The zero-order chi connectivity index (χ0) is 14.5. The summed E-state index contributed by atoms with van der Waals surface area (Å²) in [6, 6.07) is 0. The molecule has 0 bridgehead atoms. The van der Waals surface area contributed by atoms with E-state index in [-0.39, 0.29) is 0 Å². The third-order valence-corrected chi connectivity index (χ3v) is 2.54. The van der Waals surface area contributed by atoms with Crippen LogP contribution in [0.25, 0.3) is 0 Å². The number of hydrogen-bond donors (Lipinski definition) is 0. The van der Waals surface area contributed by atoms with E-state index < -0.39 is 11.6 Å². The molecule has 19 heavy (non-hydrogen) atoms. The Morgan fingerprint density at radius 3 is 2.58 bits per heavy atom. The molecule has 0 aliphatic heterocycles. The van der Waals surface area contributed by atoms with Gasteiger partial charge in [-0.05, 0) is 40.5 Å². The fraction of sp³-hybridized carbons (Fsp3) is 0.769. The highest BCUT2D eigenvalue weighted by Crippen LogP contribution is 2.13. The van der Waals surface area contributed by atoms with Gasteiger partial charge in [-0.1, -0.05) is 5.21 Å². The molecule has 0 spiro atoms. The first-order valence-electron chi connectivity index (χ1n) is 6.47. The summed E-state index contributed by atoms with van der Waals surface area (Å²) < 4.78 is 12.0. The van der Waals surface area contributed by atoms with E-state index in [0.29, 0.717) is 5.69 Å². The van der Waals surface area contributed by atoms with Crippen molar-refractivity contribution >= 4 is 5.97 Å². The molecule has 6 nitrogen and oxygen atoms in total. The number of methoxy groups -OCH3 is 1. The molecule has 6 heteroatoms. The quantitative estimate of drug-likeness (QED) is 0.583. The van der Waals surface area contributed by atoms with Gasteiger partial charge in [-0.3, -0.25) is 0 Å². The number of aromatic nitrogens is 3. The molecular formula is C13H23N3O3. The molecule has 0 fully saturated rings. The normalized spacial score (nSPS) is 11.6. The van der Waals surface area contributed by atoms with Crippen LogP contribution in [0.1, 0.15) is 49.8 Å². The van der Waals surface area contributed by atoms with Crippen molar-refractivity contribution in [1.82, 2.24) is 15.0 Å². The van der Waals surface area contributed by atoms with Crippen LogP contribution in [0, 0.1) is 6.92 Å². The van der Waals surface area contributed by atoms with Crippen molar-refractivity contribution in [3.05, 3.63) is 11.4 Å². The van der Waals surface area contributed by atoms with Crippen molar-refractivity contribution in [2.75, 3.05) is 13.7 Å². The Morgan fingerprint density at radius 2 is 2.00 bits per heavy atom. The molecule has 0 aliphatic carbocycles. The number of hydrogen-bond acceptors (Lipinski definition) is 5. The third-order valence-electron chi connectivity index (χ3n) is 2.54. The van der Waals surface area contributed by atoms with Gasteiger partial charge < -0.3 is 9.47 Å². The molecular weight excluding hydrogens is 246 g/mol. The molecule has 0 saturated carbocycles. The number of aryl methyl sites for hydroxylation is 1. The van der Waals surface area contributed by atoms with Crippen LogP contribution < -0.4 is 0 Å². The van der Waals surface area contributed by atoms with Crippen molar-refractivity contribution in [2.45, 2.75) is 52.7 Å². The average molecular weight is 269 g/mol. The highest BCUT2D eigenvalue weighted by atomic mass is 16.6. The number of unbranched alkanes of at least 4 members (excludes halogenated alkanes) is 1. The summed E-state index contributed by atoms with van der Waals surface area (Å²) in [7, 11) is 1.68. The average Bonchev–Trinajstić information content (AvgIpc) is 2.64. The predicted octanol–water partition coefficient (Wildman–Crippen LogP) is 1.97. The summed E-state index contributed by atoms with van der Waals surface area (Å²) in [6.07, 6.45) is 1.89. The number of nitrogens with zero attached hydrogens (tertiary/aromatic N) is 3. The zero-order valence-electron chi connectivity index (χ0n) is 12.4. The molecule has 0 unspecified atom stereocenters. The molecule has 0 amide bonds. The standard InChI is InChI=1S/C13H23N3O3/c1-10-11(12(17)19-13(2,3)4)14-15-16(10)8-6-7-9-18-5/h6-9H2,1-5H3. The van der Waals surface area contributed by atoms with E-state index in [4.69, 9.17) is 9.47 Å². The van der Waals surface area contributed by atoms with Crippen molar-refractivity contribution < 1.29 is 14.3 Å².